The number of H-pyrrole nitrogens is 1. The molecule has 0 radical (unpaired) electrons. The molecular weight excluding hydrogens is 486 g/mol. The zero-order valence-corrected chi connectivity index (χ0v) is 20.4. The monoisotopic (exact) mass is 517 g/mol. The van der Waals surface area contributed by atoms with Crippen LogP contribution >= 0.6 is 24.4 Å². The number of primary amides is 1. The third-order valence-electron chi connectivity index (χ3n) is 4.68. The number of rotatable bonds is 16. The molecule has 0 saturated heterocycles. The topological polar surface area (TPSA) is 222 Å². The molecule has 0 aromatic carbocycles. The maximum Gasteiger partial charge on any atom is 0.327 e. The first-order valence-electron chi connectivity index (χ1n) is 10.3. The van der Waals surface area contributed by atoms with Crippen molar-refractivity contribution in [2.45, 2.75) is 49.9 Å². The lowest BCUT2D eigenvalue weighted by Gasteiger charge is -2.24. The fourth-order valence-corrected chi connectivity index (χ4v) is 3.51. The van der Waals surface area contributed by atoms with Crippen LogP contribution in [0.2, 0.25) is 0 Å². The molecule has 1 aromatic heterocycles. The molecule has 0 bridgehead atoms. The maximum atomic E-state index is 12.9. The lowest BCUT2D eigenvalue weighted by Crippen LogP contribution is -2.57. The van der Waals surface area contributed by atoms with Gasteiger partial charge in [0.15, 0.2) is 0 Å². The third kappa shape index (κ3) is 10.4. The summed E-state index contributed by atoms with van der Waals surface area (Å²) in [5.41, 5.74) is 11.7. The molecule has 0 saturated carbocycles. The summed E-state index contributed by atoms with van der Waals surface area (Å²) in [6.07, 6.45) is 4.77. The standard InChI is InChI=1S/C19H31N7O6S2/c1-34-5-4-13(18(30)26-14(8-33)19(31)32)25-17(29)12(2-3-15(21)27)24-16(28)11(20)6-10-7-22-9-23-10/h7,9,11-14,33H,2-6,8,20H2,1H3,(H2,21,27)(H,22,23)(H,24,28)(H,25,29)(H,26,30)(H,31,32). The minimum Gasteiger partial charge on any atom is -0.480 e. The van der Waals surface area contributed by atoms with Crippen LogP contribution in [0.5, 0.6) is 0 Å². The van der Waals surface area contributed by atoms with Gasteiger partial charge in [0.2, 0.25) is 23.6 Å². The van der Waals surface area contributed by atoms with E-state index in [9.17, 15) is 24.0 Å². The van der Waals surface area contributed by atoms with Crippen molar-refractivity contribution >= 4 is 54.0 Å². The summed E-state index contributed by atoms with van der Waals surface area (Å²) < 4.78 is 0. The van der Waals surface area contributed by atoms with Crippen LogP contribution < -0.4 is 27.4 Å². The smallest absolute Gasteiger partial charge is 0.327 e. The van der Waals surface area contributed by atoms with E-state index < -0.39 is 53.8 Å². The molecule has 34 heavy (non-hydrogen) atoms. The van der Waals surface area contributed by atoms with E-state index in [1.165, 1.54) is 24.3 Å². The number of thiol groups is 1. The highest BCUT2D eigenvalue weighted by molar-refractivity contribution is 7.98. The van der Waals surface area contributed by atoms with Gasteiger partial charge in [-0.1, -0.05) is 0 Å². The number of aromatic nitrogens is 2. The first-order valence-corrected chi connectivity index (χ1v) is 12.4. The van der Waals surface area contributed by atoms with Crippen LogP contribution in [-0.2, 0) is 30.4 Å². The average Bonchev–Trinajstić information content (AvgIpc) is 3.29. The van der Waals surface area contributed by atoms with Crippen molar-refractivity contribution in [2.75, 3.05) is 17.8 Å². The third-order valence-corrected chi connectivity index (χ3v) is 5.69. The van der Waals surface area contributed by atoms with Crippen molar-refractivity contribution in [3.63, 3.8) is 0 Å². The number of nitrogens with one attached hydrogen (secondary N) is 4. The summed E-state index contributed by atoms with van der Waals surface area (Å²) in [5.74, 6) is -3.69. The van der Waals surface area contributed by atoms with Crippen molar-refractivity contribution in [1.82, 2.24) is 25.9 Å². The number of aromatic amines is 1. The van der Waals surface area contributed by atoms with Gasteiger partial charge in [0.1, 0.15) is 18.1 Å². The van der Waals surface area contributed by atoms with Crippen LogP contribution in [0.15, 0.2) is 12.5 Å². The molecule has 9 N–H and O–H groups in total. The van der Waals surface area contributed by atoms with Crippen molar-refractivity contribution in [2.24, 2.45) is 11.5 Å². The fourth-order valence-electron chi connectivity index (χ4n) is 2.79. The molecule has 15 heteroatoms. The van der Waals surface area contributed by atoms with Crippen molar-refractivity contribution < 1.29 is 29.1 Å². The van der Waals surface area contributed by atoms with Gasteiger partial charge in [-0.05, 0) is 24.9 Å². The summed E-state index contributed by atoms with van der Waals surface area (Å²) in [6.45, 7) is 0. The van der Waals surface area contributed by atoms with E-state index in [0.29, 0.717) is 11.4 Å². The maximum absolute atomic E-state index is 12.9. The van der Waals surface area contributed by atoms with Gasteiger partial charge in [-0.15, -0.1) is 0 Å². The molecule has 0 aliphatic carbocycles. The Balaban J connectivity index is 2.92. The summed E-state index contributed by atoms with van der Waals surface area (Å²) in [5, 5.41) is 16.5. The lowest BCUT2D eigenvalue weighted by atomic mass is 10.1. The number of carboxylic acid groups (broad SMARTS) is 1. The molecule has 4 amide bonds. The second-order valence-electron chi connectivity index (χ2n) is 7.38. The molecule has 0 spiro atoms. The van der Waals surface area contributed by atoms with Crippen LogP contribution in [0, 0.1) is 0 Å². The number of amides is 4. The number of aliphatic carboxylic acids is 1. The Labute approximate surface area is 206 Å². The summed E-state index contributed by atoms with van der Waals surface area (Å²) >= 11 is 5.34. The molecule has 4 atom stereocenters. The quantitative estimate of drug-likeness (QED) is 0.111. The molecule has 1 rings (SSSR count). The molecule has 1 aromatic rings. The Morgan fingerprint density at radius 2 is 1.68 bits per heavy atom. The van der Waals surface area contributed by atoms with Crippen molar-refractivity contribution in [3.8, 4) is 0 Å². The summed E-state index contributed by atoms with van der Waals surface area (Å²) in [6, 6.07) is -4.52. The van der Waals surface area contributed by atoms with Gasteiger partial charge in [-0.3, -0.25) is 19.2 Å². The van der Waals surface area contributed by atoms with Gasteiger partial charge in [0, 0.05) is 30.5 Å². The van der Waals surface area contributed by atoms with Gasteiger partial charge in [0.05, 0.1) is 12.4 Å². The predicted molar refractivity (Wildman–Crippen MR) is 129 cm³/mol. The van der Waals surface area contributed by atoms with Crippen molar-refractivity contribution in [3.05, 3.63) is 18.2 Å². The normalized spacial score (nSPS) is 14.3. The van der Waals surface area contributed by atoms with E-state index in [4.69, 9.17) is 16.6 Å². The molecule has 0 aliphatic heterocycles. The highest BCUT2D eigenvalue weighted by atomic mass is 32.2. The van der Waals surface area contributed by atoms with E-state index in [-0.39, 0.29) is 31.4 Å². The highest BCUT2D eigenvalue weighted by Crippen LogP contribution is 2.06. The number of thioether (sulfide) groups is 1. The molecule has 4 unspecified atom stereocenters. The van der Waals surface area contributed by atoms with E-state index in [1.807, 2.05) is 6.26 Å². The second kappa shape index (κ2) is 15.2. The predicted octanol–water partition coefficient (Wildman–Crippen LogP) is -2.23. The number of hydrogen-bond donors (Lipinski definition) is 8. The van der Waals surface area contributed by atoms with E-state index >= 15 is 0 Å². The fraction of sp³-hybridized carbons (Fsp3) is 0.579. The van der Waals surface area contributed by atoms with Crippen LogP contribution in [0.4, 0.5) is 0 Å². The van der Waals surface area contributed by atoms with E-state index in [2.05, 4.69) is 38.5 Å². The van der Waals surface area contributed by atoms with Crippen molar-refractivity contribution in [1.29, 1.82) is 0 Å². The molecule has 0 aliphatic rings. The van der Waals surface area contributed by atoms with Crippen LogP contribution in [0.1, 0.15) is 25.0 Å². The Hall–Kier alpha value is -2.78. The summed E-state index contributed by atoms with van der Waals surface area (Å²) in [4.78, 5) is 67.3. The van der Waals surface area contributed by atoms with E-state index in [1.54, 1.807) is 0 Å². The Morgan fingerprint density at radius 1 is 1.09 bits per heavy atom. The number of carbonyl (C=O) groups is 5. The van der Waals surface area contributed by atoms with Gasteiger partial charge in [0.25, 0.3) is 0 Å². The number of nitrogens with zero attached hydrogens (tertiary/aromatic N) is 1. The molecule has 1 heterocycles. The van der Waals surface area contributed by atoms with E-state index in [0.717, 1.165) is 0 Å². The van der Waals surface area contributed by atoms with Crippen LogP contribution in [0.25, 0.3) is 0 Å². The molecule has 13 nitrogen and oxygen atoms in total. The minimum atomic E-state index is -1.27. The van der Waals surface area contributed by atoms with Gasteiger partial charge in [-0.2, -0.15) is 24.4 Å². The number of nitrogens with two attached hydrogens (primary N) is 2. The van der Waals surface area contributed by atoms with Gasteiger partial charge < -0.3 is 37.5 Å². The average molecular weight is 518 g/mol. The molecule has 0 fully saturated rings. The zero-order valence-electron chi connectivity index (χ0n) is 18.7. The van der Waals surface area contributed by atoms with Crippen LogP contribution in [-0.4, -0.2) is 86.6 Å². The molecule has 190 valence electrons. The zero-order chi connectivity index (χ0) is 25.7. The Kier molecular flexibility index (Phi) is 13.1. The molecular formula is C19H31N7O6S2. The van der Waals surface area contributed by atoms with Gasteiger partial charge in [-0.25, -0.2) is 9.78 Å². The number of hydrogen-bond acceptors (Lipinski definition) is 9. The SMILES string of the molecule is CSCCC(NC(=O)C(CCC(N)=O)NC(=O)C(N)Cc1cnc[nH]1)C(=O)NC(CS)C(=O)O. The number of carboxylic acids is 1. The Morgan fingerprint density at radius 3 is 2.18 bits per heavy atom. The number of imidazole rings is 1. The van der Waals surface area contributed by atoms with Crippen LogP contribution in [0.3, 0.4) is 0 Å². The number of carbonyl (C=O) groups excluding carboxylic acids is 4. The summed E-state index contributed by atoms with van der Waals surface area (Å²) in [7, 11) is 0. The largest absolute Gasteiger partial charge is 0.480 e. The second-order valence-corrected chi connectivity index (χ2v) is 8.73. The minimum absolute atomic E-state index is 0.116. The first kappa shape index (κ1) is 29.3. The highest BCUT2D eigenvalue weighted by Gasteiger charge is 2.30. The lowest BCUT2D eigenvalue weighted by molar-refractivity contribution is -0.141. The first-order chi connectivity index (χ1) is 16.1. The van der Waals surface area contributed by atoms with Gasteiger partial charge >= 0.3 is 5.97 Å². The Bertz CT molecular complexity index is 839.